The van der Waals surface area contributed by atoms with Crippen LogP contribution in [0.1, 0.15) is 25.8 Å². The van der Waals surface area contributed by atoms with Crippen molar-refractivity contribution in [3.8, 4) is 5.75 Å². The van der Waals surface area contributed by atoms with E-state index < -0.39 is 42.7 Å². The van der Waals surface area contributed by atoms with Crippen molar-refractivity contribution in [2.75, 3.05) is 11.1 Å². The highest BCUT2D eigenvalue weighted by molar-refractivity contribution is 7.90. The summed E-state index contributed by atoms with van der Waals surface area (Å²) in [5.74, 6) is -0.691. The van der Waals surface area contributed by atoms with Gasteiger partial charge in [0.2, 0.25) is 0 Å². The van der Waals surface area contributed by atoms with Crippen LogP contribution in [0.4, 0.5) is 17.1 Å². The number of hydrogen-bond donors (Lipinski definition) is 3. The van der Waals surface area contributed by atoms with Gasteiger partial charge >= 0.3 is 5.69 Å². The molecule has 0 amide bonds. The molecule has 3 aromatic rings. The average molecular weight is 472 g/mol. The number of nitrogens with zero attached hydrogens (tertiary/aromatic N) is 4. The van der Waals surface area contributed by atoms with E-state index in [0.29, 0.717) is 6.42 Å². The molecular weight excluding hydrogens is 452 g/mol. The molecule has 0 bridgehead atoms. The van der Waals surface area contributed by atoms with Gasteiger partial charge in [-0.1, -0.05) is 13.8 Å². The number of nitrogens with two attached hydrogens (primary N) is 1. The first-order valence-corrected chi connectivity index (χ1v) is 11.4. The lowest BCUT2D eigenvalue weighted by molar-refractivity contribution is -0.386. The number of hydrogen-bond acceptors (Lipinski definition) is 9. The monoisotopic (exact) mass is 472 g/mol. The number of amidine groups is 1. The maximum absolute atomic E-state index is 13.4. The minimum atomic E-state index is -4.63. The highest BCUT2D eigenvalue weighted by Gasteiger charge is 2.37. The van der Waals surface area contributed by atoms with Crippen LogP contribution in [-0.4, -0.2) is 33.8 Å². The molecule has 1 aliphatic rings. The predicted molar refractivity (Wildman–Crippen MR) is 122 cm³/mol. The van der Waals surface area contributed by atoms with Crippen molar-refractivity contribution in [2.45, 2.75) is 31.7 Å². The number of nitrogen functional groups attached to an aromatic ring is 1. The summed E-state index contributed by atoms with van der Waals surface area (Å²) < 4.78 is 30.8. The van der Waals surface area contributed by atoms with Crippen LogP contribution in [0.5, 0.6) is 5.75 Å². The molecule has 12 nitrogen and oxygen atoms in total. The fraction of sp³-hybridized carbons (Fsp3) is 0.250. The van der Waals surface area contributed by atoms with Gasteiger partial charge in [-0.15, -0.1) is 4.40 Å². The predicted octanol–water partition coefficient (Wildman–Crippen LogP) is 2.20. The summed E-state index contributed by atoms with van der Waals surface area (Å²) in [4.78, 5) is 27.4. The number of anilines is 2. The van der Waals surface area contributed by atoms with Gasteiger partial charge in [-0.3, -0.25) is 19.5 Å². The molecule has 1 aliphatic heterocycles. The van der Waals surface area contributed by atoms with Crippen molar-refractivity contribution in [2.24, 2.45) is 10.3 Å². The van der Waals surface area contributed by atoms with Gasteiger partial charge in [-0.05, 0) is 36.6 Å². The number of nitrogens with one attached hydrogen (secondary N) is 1. The topological polar surface area (TPSA) is 183 Å². The first-order chi connectivity index (χ1) is 15.5. The van der Waals surface area contributed by atoms with Crippen molar-refractivity contribution in [1.82, 2.24) is 9.55 Å². The zero-order valence-corrected chi connectivity index (χ0v) is 18.5. The molecule has 13 heteroatoms. The second-order valence-corrected chi connectivity index (χ2v) is 9.46. The van der Waals surface area contributed by atoms with Gasteiger partial charge in [-0.2, -0.15) is 8.42 Å². The van der Waals surface area contributed by atoms with Crippen LogP contribution < -0.4 is 16.6 Å². The van der Waals surface area contributed by atoms with Crippen LogP contribution in [0.3, 0.4) is 0 Å². The van der Waals surface area contributed by atoms with Crippen molar-refractivity contribution < 1.29 is 18.4 Å². The summed E-state index contributed by atoms with van der Waals surface area (Å²) in [7, 11) is -4.63. The zero-order valence-electron chi connectivity index (χ0n) is 17.6. The van der Waals surface area contributed by atoms with E-state index in [1.807, 2.05) is 13.8 Å². The number of benzene rings is 1. The molecule has 33 heavy (non-hydrogen) atoms. The summed E-state index contributed by atoms with van der Waals surface area (Å²) in [6.07, 6.45) is 2.11. The number of aromatic hydroxyl groups is 1. The number of nitro groups is 1. The van der Waals surface area contributed by atoms with E-state index in [2.05, 4.69) is 14.7 Å². The number of aromatic nitrogens is 2. The Bertz CT molecular complexity index is 1510. The molecular formula is C20H20N6O6S. The highest BCUT2D eigenvalue weighted by Crippen LogP contribution is 2.40. The second-order valence-electron chi connectivity index (χ2n) is 7.91. The molecule has 4 N–H and O–H groups in total. The third kappa shape index (κ3) is 3.65. The van der Waals surface area contributed by atoms with E-state index >= 15 is 0 Å². The lowest BCUT2D eigenvalue weighted by Gasteiger charge is -2.20. The van der Waals surface area contributed by atoms with Crippen molar-refractivity contribution in [3.05, 3.63) is 56.5 Å². The summed E-state index contributed by atoms with van der Waals surface area (Å²) in [6.45, 7) is 4.24. The minimum Gasteiger partial charge on any atom is -0.506 e. The van der Waals surface area contributed by atoms with Gasteiger partial charge in [0.05, 0.1) is 16.0 Å². The molecule has 0 atom stereocenters. The van der Waals surface area contributed by atoms with Crippen molar-refractivity contribution in [3.63, 3.8) is 0 Å². The maximum atomic E-state index is 13.4. The highest BCUT2D eigenvalue weighted by atomic mass is 32.2. The number of rotatable bonds is 5. The molecule has 1 aromatic carbocycles. The molecule has 172 valence electrons. The minimum absolute atomic E-state index is 0.181. The summed E-state index contributed by atoms with van der Waals surface area (Å²) >= 11 is 0. The van der Waals surface area contributed by atoms with Gasteiger partial charge in [0.25, 0.3) is 15.6 Å². The van der Waals surface area contributed by atoms with Gasteiger partial charge in [0, 0.05) is 12.7 Å². The third-order valence-corrected chi connectivity index (χ3v) is 6.58. The standard InChI is InChI=1S/C20H20N6O6S/c1-10(2)7-9-25-19-11(4-3-8-22-19)16(27)14(20(25)28)18-23-13-6-5-12(21)15(26(29)30)17(13)33(31,32)24-18/h3-6,8,10,27H,7,9,21H2,1-2H3,(H,23,24). The normalized spacial score (nSPS) is 14.6. The van der Waals surface area contributed by atoms with E-state index in [0.717, 1.165) is 0 Å². The van der Waals surface area contributed by atoms with Crippen LogP contribution in [0, 0.1) is 16.0 Å². The number of fused-ring (bicyclic) bond motifs is 2. The number of pyridine rings is 2. The Labute approximate surface area is 187 Å². The Morgan fingerprint density at radius 3 is 2.70 bits per heavy atom. The molecule has 0 fully saturated rings. The Kier molecular flexibility index (Phi) is 5.28. The van der Waals surface area contributed by atoms with Crippen LogP contribution in [0.15, 0.2) is 44.6 Å². The van der Waals surface area contributed by atoms with Crippen LogP contribution >= 0.6 is 0 Å². The van der Waals surface area contributed by atoms with Crippen LogP contribution in [0.25, 0.3) is 11.0 Å². The van der Waals surface area contributed by atoms with E-state index in [1.54, 1.807) is 12.1 Å². The van der Waals surface area contributed by atoms with Crippen LogP contribution in [-0.2, 0) is 16.6 Å². The van der Waals surface area contributed by atoms with E-state index in [-0.39, 0.29) is 40.4 Å². The quantitative estimate of drug-likeness (QED) is 0.284. The number of aryl methyl sites for hydroxylation is 1. The molecule has 4 rings (SSSR count). The summed E-state index contributed by atoms with van der Waals surface area (Å²) in [5.41, 5.74) is 3.43. The van der Waals surface area contributed by atoms with E-state index in [9.17, 15) is 28.4 Å². The lowest BCUT2D eigenvalue weighted by atomic mass is 10.1. The summed E-state index contributed by atoms with van der Waals surface area (Å²) in [5, 5.41) is 25.2. The molecule has 0 radical (unpaired) electrons. The third-order valence-electron chi connectivity index (χ3n) is 5.23. The molecule has 0 unspecified atom stereocenters. The largest absolute Gasteiger partial charge is 0.506 e. The molecule has 0 aliphatic carbocycles. The van der Waals surface area contributed by atoms with E-state index in [4.69, 9.17) is 5.73 Å². The lowest BCUT2D eigenvalue weighted by Crippen LogP contribution is -2.33. The first-order valence-electron chi connectivity index (χ1n) is 9.92. The Morgan fingerprint density at radius 2 is 2.03 bits per heavy atom. The van der Waals surface area contributed by atoms with Crippen molar-refractivity contribution in [1.29, 1.82) is 0 Å². The van der Waals surface area contributed by atoms with Gasteiger partial charge in [0.1, 0.15) is 22.6 Å². The SMILES string of the molecule is CC(C)CCn1c(=O)c(C2=NS(=O)(=O)c3c(ccc(N)c3[N+](=O)[O-])N2)c(O)c2cccnc21. The summed E-state index contributed by atoms with van der Waals surface area (Å²) in [6, 6.07) is 5.52. The molecule has 2 aromatic heterocycles. The fourth-order valence-electron chi connectivity index (χ4n) is 3.63. The van der Waals surface area contributed by atoms with Gasteiger partial charge < -0.3 is 16.2 Å². The Morgan fingerprint density at radius 1 is 1.30 bits per heavy atom. The smallest absolute Gasteiger partial charge is 0.314 e. The van der Waals surface area contributed by atoms with Gasteiger partial charge in [0.15, 0.2) is 10.7 Å². The Hall–Kier alpha value is -4.00. The molecule has 0 saturated heterocycles. The second kappa shape index (κ2) is 7.85. The fourth-order valence-corrected chi connectivity index (χ4v) is 4.93. The Balaban J connectivity index is 1.99. The zero-order chi connectivity index (χ0) is 24.1. The molecule has 3 heterocycles. The van der Waals surface area contributed by atoms with Crippen molar-refractivity contribution >= 4 is 44.0 Å². The molecule has 0 saturated carbocycles. The average Bonchev–Trinajstić information content (AvgIpc) is 2.73. The van der Waals surface area contributed by atoms with Crippen LogP contribution in [0.2, 0.25) is 0 Å². The van der Waals surface area contributed by atoms with E-state index in [1.165, 1.54) is 22.9 Å². The first kappa shape index (κ1) is 22.2. The molecule has 0 spiro atoms. The number of nitro benzene ring substituents is 1. The van der Waals surface area contributed by atoms with Gasteiger partial charge in [-0.25, -0.2) is 4.98 Å². The number of sulfonamides is 1. The maximum Gasteiger partial charge on any atom is 0.314 e.